The first-order valence-electron chi connectivity index (χ1n) is 5.67. The van der Waals surface area contributed by atoms with Crippen LogP contribution in [0.2, 0.25) is 0 Å². The summed E-state index contributed by atoms with van der Waals surface area (Å²) < 4.78 is 6.01. The monoisotopic (exact) mass is 332 g/mol. The fraction of sp³-hybridized carbons (Fsp3) is 0. The van der Waals surface area contributed by atoms with Crippen LogP contribution in [-0.2, 0) is 0 Å². The van der Waals surface area contributed by atoms with Crippen molar-refractivity contribution in [1.82, 2.24) is 15.1 Å². The highest BCUT2D eigenvalue weighted by Crippen LogP contribution is 2.28. The summed E-state index contributed by atoms with van der Waals surface area (Å²) in [5.41, 5.74) is 7.17. The van der Waals surface area contributed by atoms with Crippen LogP contribution in [0.1, 0.15) is 0 Å². The number of pyridine rings is 1. The minimum absolute atomic E-state index is 0.0219. The van der Waals surface area contributed by atoms with Crippen LogP contribution in [0.5, 0.6) is 5.75 Å². The Balaban J connectivity index is 1.99. The first kappa shape index (κ1) is 12.6. The lowest BCUT2D eigenvalue weighted by Crippen LogP contribution is -1.86. The average molecular weight is 333 g/mol. The normalized spacial score (nSPS) is 10.7. The number of halogens is 1. The summed E-state index contributed by atoms with van der Waals surface area (Å²) in [7, 11) is 0. The number of hydrogen-bond acceptors (Lipinski definition) is 6. The summed E-state index contributed by atoms with van der Waals surface area (Å²) in [6, 6.07) is 6.59. The molecule has 0 atom stereocenters. The maximum atomic E-state index is 9.59. The van der Waals surface area contributed by atoms with Gasteiger partial charge in [-0.3, -0.25) is 4.98 Å². The number of phenols is 1. The van der Waals surface area contributed by atoms with Crippen molar-refractivity contribution < 1.29 is 9.63 Å². The Morgan fingerprint density at radius 3 is 2.75 bits per heavy atom. The van der Waals surface area contributed by atoms with Gasteiger partial charge in [0.25, 0.3) is 5.89 Å². The lowest BCUT2D eigenvalue weighted by molar-refractivity contribution is 0.431. The molecule has 100 valence electrons. The van der Waals surface area contributed by atoms with Crippen LogP contribution in [0.25, 0.3) is 22.8 Å². The molecule has 7 heteroatoms. The molecule has 3 rings (SSSR count). The molecule has 2 aromatic heterocycles. The zero-order valence-corrected chi connectivity index (χ0v) is 11.7. The number of nitrogens with two attached hydrogens (primary N) is 1. The van der Waals surface area contributed by atoms with Crippen LogP contribution in [0.4, 0.5) is 5.69 Å². The number of benzene rings is 1. The van der Waals surface area contributed by atoms with Crippen LogP contribution in [-0.4, -0.2) is 20.2 Å². The van der Waals surface area contributed by atoms with E-state index in [1.54, 1.807) is 24.5 Å². The van der Waals surface area contributed by atoms with Gasteiger partial charge in [0.1, 0.15) is 5.75 Å². The molecule has 20 heavy (non-hydrogen) atoms. The van der Waals surface area contributed by atoms with Gasteiger partial charge in [0.15, 0.2) is 0 Å². The number of hydrogen-bond donors (Lipinski definition) is 2. The van der Waals surface area contributed by atoms with Gasteiger partial charge in [-0.05, 0) is 40.2 Å². The SMILES string of the molecule is Nc1ccc(-c2nc(-c3cncc(Br)c3)no2)cc1O. The largest absolute Gasteiger partial charge is 0.506 e. The lowest BCUT2D eigenvalue weighted by Gasteiger charge is -1.99. The molecular weight excluding hydrogens is 324 g/mol. The Bertz CT molecular complexity index is 773. The highest BCUT2D eigenvalue weighted by molar-refractivity contribution is 9.10. The van der Waals surface area contributed by atoms with Gasteiger partial charge < -0.3 is 15.4 Å². The molecule has 6 nitrogen and oxygen atoms in total. The van der Waals surface area contributed by atoms with Crippen molar-refractivity contribution in [2.24, 2.45) is 0 Å². The number of aromatic nitrogens is 3. The van der Waals surface area contributed by atoms with Gasteiger partial charge in [0, 0.05) is 28.0 Å². The average Bonchev–Trinajstić information content (AvgIpc) is 2.92. The summed E-state index contributed by atoms with van der Waals surface area (Å²) >= 11 is 3.33. The number of phenolic OH excluding ortho intramolecular Hbond substituents is 1. The number of aromatic hydroxyl groups is 1. The van der Waals surface area contributed by atoms with Crippen LogP contribution >= 0.6 is 15.9 Å². The summed E-state index contributed by atoms with van der Waals surface area (Å²) in [5.74, 6) is 0.701. The molecule has 0 aliphatic rings. The Morgan fingerprint density at radius 1 is 1.15 bits per heavy atom. The van der Waals surface area contributed by atoms with E-state index in [1.165, 1.54) is 6.07 Å². The van der Waals surface area contributed by atoms with Gasteiger partial charge in [0.05, 0.1) is 5.69 Å². The Kier molecular flexibility index (Phi) is 3.11. The third-order valence-corrected chi connectivity index (χ3v) is 3.10. The molecule has 2 heterocycles. The highest BCUT2D eigenvalue weighted by atomic mass is 79.9. The van der Waals surface area contributed by atoms with E-state index in [0.717, 1.165) is 10.0 Å². The molecule has 0 bridgehead atoms. The quantitative estimate of drug-likeness (QED) is 0.553. The Hall–Kier alpha value is -2.41. The maximum Gasteiger partial charge on any atom is 0.258 e. The van der Waals surface area contributed by atoms with Crippen LogP contribution in [0.3, 0.4) is 0 Å². The van der Waals surface area contributed by atoms with Gasteiger partial charge in [0.2, 0.25) is 5.82 Å². The van der Waals surface area contributed by atoms with Gasteiger partial charge in [-0.25, -0.2) is 0 Å². The van der Waals surface area contributed by atoms with E-state index in [0.29, 0.717) is 23.0 Å². The summed E-state index contributed by atoms with van der Waals surface area (Å²) in [4.78, 5) is 8.32. The van der Waals surface area contributed by atoms with Gasteiger partial charge in [-0.15, -0.1) is 0 Å². The van der Waals surface area contributed by atoms with Crippen LogP contribution in [0.15, 0.2) is 45.7 Å². The van der Waals surface area contributed by atoms with Gasteiger partial charge in [-0.2, -0.15) is 4.98 Å². The van der Waals surface area contributed by atoms with Crippen molar-refractivity contribution in [1.29, 1.82) is 0 Å². The van der Waals surface area contributed by atoms with Crippen molar-refractivity contribution >= 4 is 21.6 Å². The number of anilines is 1. The topological polar surface area (TPSA) is 98.1 Å². The first-order chi connectivity index (χ1) is 9.63. The fourth-order valence-electron chi connectivity index (χ4n) is 1.67. The third-order valence-electron chi connectivity index (χ3n) is 2.67. The predicted octanol–water partition coefficient (Wildman–Crippen LogP) is 2.85. The van der Waals surface area contributed by atoms with Crippen molar-refractivity contribution in [2.75, 3.05) is 5.73 Å². The molecule has 0 fully saturated rings. The zero-order chi connectivity index (χ0) is 14.1. The smallest absolute Gasteiger partial charge is 0.258 e. The van der Waals surface area contributed by atoms with Crippen LogP contribution < -0.4 is 5.73 Å². The number of nitrogens with zero attached hydrogens (tertiary/aromatic N) is 3. The van der Waals surface area contributed by atoms with E-state index < -0.39 is 0 Å². The van der Waals surface area contributed by atoms with E-state index in [2.05, 4.69) is 31.1 Å². The van der Waals surface area contributed by atoms with Crippen molar-refractivity contribution in [2.45, 2.75) is 0 Å². The predicted molar refractivity (Wildman–Crippen MR) is 76.7 cm³/mol. The molecule has 0 aliphatic heterocycles. The summed E-state index contributed by atoms with van der Waals surface area (Å²) in [6.45, 7) is 0. The van der Waals surface area contributed by atoms with Crippen molar-refractivity contribution in [3.8, 4) is 28.6 Å². The summed E-state index contributed by atoms with van der Waals surface area (Å²) in [5, 5.41) is 13.5. The number of nitrogen functional groups attached to an aromatic ring is 1. The highest BCUT2D eigenvalue weighted by Gasteiger charge is 2.12. The molecule has 3 aromatic rings. The first-order valence-corrected chi connectivity index (χ1v) is 6.46. The Morgan fingerprint density at radius 2 is 2.00 bits per heavy atom. The summed E-state index contributed by atoms with van der Waals surface area (Å²) in [6.07, 6.45) is 3.31. The van der Waals surface area contributed by atoms with E-state index in [1.807, 2.05) is 6.07 Å². The second-order valence-corrected chi connectivity index (χ2v) is 5.00. The molecule has 0 radical (unpaired) electrons. The Labute approximate surface area is 122 Å². The maximum absolute atomic E-state index is 9.59. The molecule has 3 N–H and O–H groups in total. The van der Waals surface area contributed by atoms with Crippen molar-refractivity contribution in [3.05, 3.63) is 41.1 Å². The molecule has 0 amide bonds. The minimum atomic E-state index is -0.0219. The second kappa shape index (κ2) is 4.93. The van der Waals surface area contributed by atoms with Gasteiger partial charge in [-0.1, -0.05) is 5.16 Å². The second-order valence-electron chi connectivity index (χ2n) is 4.09. The molecular formula is C13H9BrN4O2. The third kappa shape index (κ3) is 2.35. The van der Waals surface area contributed by atoms with E-state index >= 15 is 0 Å². The molecule has 0 saturated carbocycles. The van der Waals surface area contributed by atoms with E-state index in [4.69, 9.17) is 10.3 Å². The molecule has 0 spiro atoms. The standard InChI is InChI=1S/C13H9BrN4O2/c14-9-3-8(5-16-6-9)12-17-13(20-18-12)7-1-2-10(15)11(19)4-7/h1-6,19H,15H2. The van der Waals surface area contributed by atoms with Crippen molar-refractivity contribution in [3.63, 3.8) is 0 Å². The zero-order valence-electron chi connectivity index (χ0n) is 10.1. The van der Waals surface area contributed by atoms with Gasteiger partial charge >= 0.3 is 0 Å². The number of rotatable bonds is 2. The van der Waals surface area contributed by atoms with E-state index in [9.17, 15) is 5.11 Å². The minimum Gasteiger partial charge on any atom is -0.506 e. The molecule has 0 unspecified atom stereocenters. The van der Waals surface area contributed by atoms with Crippen LogP contribution in [0, 0.1) is 0 Å². The molecule has 0 saturated heterocycles. The molecule has 0 aliphatic carbocycles. The fourth-order valence-corrected chi connectivity index (χ4v) is 2.03. The van der Waals surface area contributed by atoms with E-state index in [-0.39, 0.29) is 5.75 Å². The molecule has 1 aromatic carbocycles. The lowest BCUT2D eigenvalue weighted by atomic mass is 10.2.